The average molecular weight is 296 g/mol. The Balaban J connectivity index is 1.61. The first-order valence-corrected chi connectivity index (χ1v) is 8.13. The second kappa shape index (κ2) is 5.04. The lowest BCUT2D eigenvalue weighted by Gasteiger charge is -2.33. The molecule has 0 spiro atoms. The van der Waals surface area contributed by atoms with E-state index in [9.17, 15) is 4.79 Å². The Morgan fingerprint density at radius 1 is 1.32 bits per heavy atom. The van der Waals surface area contributed by atoms with Gasteiger partial charge in [-0.05, 0) is 24.5 Å². The highest BCUT2D eigenvalue weighted by molar-refractivity contribution is 5.94. The molecule has 2 heterocycles. The van der Waals surface area contributed by atoms with Gasteiger partial charge < -0.3 is 4.90 Å². The molecule has 1 aromatic rings. The Morgan fingerprint density at radius 2 is 2.14 bits per heavy atom. The molecule has 114 valence electrons. The maximum atomic E-state index is 13.1. The van der Waals surface area contributed by atoms with Crippen LogP contribution in [0.2, 0.25) is 0 Å². The van der Waals surface area contributed by atoms with Crippen LogP contribution < -0.4 is 4.90 Å². The predicted molar refractivity (Wildman–Crippen MR) is 88.3 cm³/mol. The molecule has 4 heteroatoms. The summed E-state index contributed by atoms with van der Waals surface area (Å²) < 4.78 is 2.16. The van der Waals surface area contributed by atoms with Gasteiger partial charge in [-0.3, -0.25) is 4.79 Å². The summed E-state index contributed by atoms with van der Waals surface area (Å²) in [5.41, 5.74) is 2.46. The molecule has 3 unspecified atom stereocenters. The minimum atomic E-state index is 0.0554. The molecule has 0 radical (unpaired) electrons. The summed E-state index contributed by atoms with van der Waals surface area (Å²) >= 11 is 0. The molecular formula is C18H22N3O+. The second-order valence-electron chi connectivity index (χ2n) is 6.61. The summed E-state index contributed by atoms with van der Waals surface area (Å²) in [6, 6.07) is 8.73. The van der Waals surface area contributed by atoms with Gasteiger partial charge in [-0.2, -0.15) is 0 Å². The Bertz CT molecular complexity index is 691. The van der Waals surface area contributed by atoms with E-state index in [2.05, 4.69) is 52.0 Å². The van der Waals surface area contributed by atoms with Crippen LogP contribution in [0.25, 0.3) is 0 Å². The maximum absolute atomic E-state index is 13.1. The van der Waals surface area contributed by atoms with E-state index in [1.54, 1.807) is 0 Å². The normalized spacial score (nSPS) is 30.0. The lowest BCUT2D eigenvalue weighted by molar-refractivity contribution is -0.408. The molecule has 3 atom stereocenters. The van der Waals surface area contributed by atoms with Crippen molar-refractivity contribution >= 4 is 23.5 Å². The van der Waals surface area contributed by atoms with Crippen LogP contribution >= 0.6 is 0 Å². The van der Waals surface area contributed by atoms with Gasteiger partial charge in [0.05, 0.1) is 18.4 Å². The third-order valence-electron chi connectivity index (χ3n) is 5.51. The van der Waals surface area contributed by atoms with Crippen LogP contribution in [0.4, 0.5) is 5.69 Å². The first-order chi connectivity index (χ1) is 10.7. The third kappa shape index (κ3) is 1.93. The fourth-order valence-electron chi connectivity index (χ4n) is 4.27. The van der Waals surface area contributed by atoms with Crippen molar-refractivity contribution in [3.05, 3.63) is 29.8 Å². The number of anilines is 1. The number of para-hydroxylation sites is 1. The second-order valence-corrected chi connectivity index (χ2v) is 6.61. The number of aliphatic imine (C=N–C) groups is 1. The molecule has 1 aromatic carbocycles. The number of hydrogen-bond donors (Lipinski definition) is 0. The van der Waals surface area contributed by atoms with Gasteiger partial charge in [-0.15, -0.1) is 0 Å². The van der Waals surface area contributed by atoms with Crippen LogP contribution in [0.5, 0.6) is 0 Å². The van der Waals surface area contributed by atoms with E-state index >= 15 is 0 Å². The number of nitrogens with zero attached hydrogens (tertiary/aromatic N) is 3. The van der Waals surface area contributed by atoms with Crippen LogP contribution in [-0.4, -0.2) is 48.6 Å². The molecule has 1 fully saturated rings. The zero-order valence-corrected chi connectivity index (χ0v) is 13.2. The van der Waals surface area contributed by atoms with E-state index in [1.165, 1.54) is 11.3 Å². The van der Waals surface area contributed by atoms with Crippen LogP contribution in [-0.2, 0) is 4.79 Å². The quantitative estimate of drug-likeness (QED) is 0.783. The molecule has 4 nitrogen and oxygen atoms in total. The summed E-state index contributed by atoms with van der Waals surface area (Å²) in [6.45, 7) is 3.58. The molecule has 0 N–H and O–H groups in total. The Labute approximate surface area is 131 Å². The van der Waals surface area contributed by atoms with Crippen molar-refractivity contribution in [2.24, 2.45) is 10.9 Å². The molecule has 4 rings (SSSR count). The highest BCUT2D eigenvalue weighted by atomic mass is 16.1. The Kier molecular flexibility index (Phi) is 3.13. The maximum Gasteiger partial charge on any atom is 0.289 e. The molecule has 1 saturated carbocycles. The van der Waals surface area contributed by atoms with Gasteiger partial charge >= 0.3 is 0 Å². The standard InChI is InChI=1S/C18H22N3O/c1-12-19-9-10-21(12)11-13-7-8-16-17(18(13)22)14-5-3-4-6-15(14)20(16)2/h3-6,10,13,16-17H,7-9,11H2,1-2H3/q+1. The Hall–Kier alpha value is -1.97. The number of amidine groups is 1. The number of Topliss-reactive ketones (excluding diaryl/α,β-unsaturated/α-hetero) is 1. The van der Waals surface area contributed by atoms with Gasteiger partial charge in [0, 0.05) is 25.7 Å². The van der Waals surface area contributed by atoms with Gasteiger partial charge in [0.25, 0.3) is 5.84 Å². The number of carbonyl (C=O) groups excluding carboxylic acids is 1. The smallest absolute Gasteiger partial charge is 0.289 e. The van der Waals surface area contributed by atoms with Crippen molar-refractivity contribution in [1.29, 1.82) is 0 Å². The molecule has 0 bridgehead atoms. The molecule has 0 aromatic heterocycles. The summed E-state index contributed by atoms with van der Waals surface area (Å²) in [4.78, 5) is 19.8. The fraction of sp³-hybridized carbons (Fsp3) is 0.500. The van der Waals surface area contributed by atoms with Crippen molar-refractivity contribution in [2.45, 2.75) is 31.7 Å². The molecule has 1 aliphatic carbocycles. The zero-order chi connectivity index (χ0) is 15.3. The van der Waals surface area contributed by atoms with Gasteiger partial charge in [-0.1, -0.05) is 23.2 Å². The van der Waals surface area contributed by atoms with Crippen LogP contribution in [0.1, 0.15) is 31.2 Å². The highest BCUT2D eigenvalue weighted by Gasteiger charge is 2.47. The van der Waals surface area contributed by atoms with Gasteiger partial charge in [0.15, 0.2) is 6.54 Å². The summed E-state index contributed by atoms with van der Waals surface area (Å²) in [7, 11) is 2.13. The molecule has 0 saturated heterocycles. The first-order valence-electron chi connectivity index (χ1n) is 8.13. The topological polar surface area (TPSA) is 35.7 Å². The molecule has 0 amide bonds. The van der Waals surface area contributed by atoms with Crippen molar-refractivity contribution in [1.82, 2.24) is 0 Å². The van der Waals surface area contributed by atoms with Gasteiger partial charge in [0.1, 0.15) is 12.0 Å². The van der Waals surface area contributed by atoms with E-state index in [1.807, 2.05) is 6.92 Å². The number of benzene rings is 1. The highest BCUT2D eigenvalue weighted by Crippen LogP contribution is 2.46. The van der Waals surface area contributed by atoms with E-state index in [4.69, 9.17) is 0 Å². The van der Waals surface area contributed by atoms with Crippen LogP contribution in [0.3, 0.4) is 0 Å². The van der Waals surface area contributed by atoms with E-state index in [0.29, 0.717) is 11.8 Å². The molecule has 3 aliphatic rings. The van der Waals surface area contributed by atoms with Crippen molar-refractivity contribution in [3.8, 4) is 0 Å². The Morgan fingerprint density at radius 3 is 2.91 bits per heavy atom. The number of carbonyl (C=O) groups is 1. The van der Waals surface area contributed by atoms with E-state index in [-0.39, 0.29) is 11.8 Å². The van der Waals surface area contributed by atoms with E-state index < -0.39 is 0 Å². The van der Waals surface area contributed by atoms with Gasteiger partial charge in [-0.25, -0.2) is 4.58 Å². The molecule has 2 aliphatic heterocycles. The largest absolute Gasteiger partial charge is 0.370 e. The minimum absolute atomic E-state index is 0.0554. The SMILES string of the molecule is CC1=NCC=[N+]1CC1CCC2C(C1=O)c1ccccc1N2C. The van der Waals surface area contributed by atoms with E-state index in [0.717, 1.165) is 31.8 Å². The monoisotopic (exact) mass is 296 g/mol. The fourth-order valence-corrected chi connectivity index (χ4v) is 4.27. The van der Waals surface area contributed by atoms with Crippen molar-refractivity contribution in [3.63, 3.8) is 0 Å². The van der Waals surface area contributed by atoms with Crippen molar-refractivity contribution < 1.29 is 9.37 Å². The lowest BCUT2D eigenvalue weighted by Crippen LogP contribution is -2.43. The van der Waals surface area contributed by atoms with Gasteiger partial charge in [0.2, 0.25) is 0 Å². The lowest BCUT2D eigenvalue weighted by atomic mass is 9.75. The van der Waals surface area contributed by atoms with Crippen molar-refractivity contribution in [2.75, 3.05) is 25.0 Å². The molecule has 22 heavy (non-hydrogen) atoms. The average Bonchev–Trinajstić information content (AvgIpc) is 3.05. The number of rotatable bonds is 2. The number of hydrogen-bond acceptors (Lipinski definition) is 3. The number of ketones is 1. The zero-order valence-electron chi connectivity index (χ0n) is 13.2. The first kappa shape index (κ1) is 13.7. The molecular weight excluding hydrogens is 274 g/mol. The van der Waals surface area contributed by atoms with Crippen LogP contribution in [0.15, 0.2) is 29.3 Å². The number of fused-ring (bicyclic) bond motifs is 3. The minimum Gasteiger partial charge on any atom is -0.370 e. The summed E-state index contributed by atoms with van der Waals surface area (Å²) in [6.07, 6.45) is 4.18. The number of likely N-dealkylation sites (N-methyl/N-ethyl adjacent to an activating group) is 1. The van der Waals surface area contributed by atoms with Crippen LogP contribution in [0, 0.1) is 5.92 Å². The predicted octanol–water partition coefficient (Wildman–Crippen LogP) is 2.08. The summed E-state index contributed by atoms with van der Waals surface area (Å²) in [5, 5.41) is 0. The summed E-state index contributed by atoms with van der Waals surface area (Å²) in [5.74, 6) is 1.64. The third-order valence-corrected chi connectivity index (χ3v) is 5.51.